The Bertz CT molecular complexity index is 825. The first-order chi connectivity index (χ1) is 12.1. The molecule has 0 N–H and O–H groups in total. The molecule has 0 atom stereocenters. The van der Waals surface area contributed by atoms with Gasteiger partial charge in [0.25, 0.3) is 0 Å². The molecule has 2 aromatic heterocycles. The van der Waals surface area contributed by atoms with Crippen molar-refractivity contribution in [3.63, 3.8) is 0 Å². The lowest BCUT2D eigenvalue weighted by Crippen LogP contribution is -2.25. The van der Waals surface area contributed by atoms with Crippen molar-refractivity contribution in [2.24, 2.45) is 0 Å². The Morgan fingerprint density at radius 1 is 1.04 bits per heavy atom. The van der Waals surface area contributed by atoms with E-state index in [1.165, 1.54) is 0 Å². The van der Waals surface area contributed by atoms with Crippen molar-refractivity contribution in [3.8, 4) is 17.1 Å². The minimum atomic E-state index is 0.547. The van der Waals surface area contributed by atoms with Gasteiger partial charge in [-0.3, -0.25) is 4.98 Å². The van der Waals surface area contributed by atoms with E-state index in [4.69, 9.17) is 16.3 Å². The lowest BCUT2D eigenvalue weighted by molar-refractivity contribution is 0.325. The van der Waals surface area contributed by atoms with Crippen LogP contribution in [0.1, 0.15) is 5.69 Å². The van der Waals surface area contributed by atoms with Crippen molar-refractivity contribution in [1.29, 1.82) is 0 Å². The molecule has 1 aromatic carbocycles. The molecule has 0 aliphatic rings. The first-order valence-electron chi connectivity index (χ1n) is 7.97. The van der Waals surface area contributed by atoms with Crippen LogP contribution >= 0.6 is 11.6 Å². The van der Waals surface area contributed by atoms with Gasteiger partial charge in [-0.1, -0.05) is 11.6 Å². The summed E-state index contributed by atoms with van der Waals surface area (Å²) in [4.78, 5) is 15.3. The smallest absolute Gasteiger partial charge is 0.161 e. The molecule has 0 fully saturated rings. The predicted molar refractivity (Wildman–Crippen MR) is 100 cm³/mol. The van der Waals surface area contributed by atoms with E-state index in [9.17, 15) is 0 Å². The second-order valence-electron chi connectivity index (χ2n) is 5.65. The summed E-state index contributed by atoms with van der Waals surface area (Å²) in [5, 5.41) is 0.699. The van der Waals surface area contributed by atoms with Crippen LogP contribution in [-0.4, -0.2) is 35.2 Å². The van der Waals surface area contributed by atoms with E-state index >= 15 is 0 Å². The molecule has 0 amide bonds. The maximum atomic E-state index is 5.87. The zero-order valence-corrected chi connectivity index (χ0v) is 14.9. The number of hydrogen-bond donors (Lipinski definition) is 0. The van der Waals surface area contributed by atoms with Gasteiger partial charge in [-0.2, -0.15) is 0 Å². The van der Waals surface area contributed by atoms with E-state index in [-0.39, 0.29) is 0 Å². The number of likely N-dealkylation sites (N-methyl/N-ethyl adjacent to an activating group) is 1. The topological polar surface area (TPSA) is 51.1 Å². The van der Waals surface area contributed by atoms with Crippen LogP contribution in [0.15, 0.2) is 54.9 Å². The molecule has 0 radical (unpaired) electrons. The van der Waals surface area contributed by atoms with Crippen molar-refractivity contribution < 1.29 is 4.74 Å². The molecule has 3 rings (SSSR count). The maximum Gasteiger partial charge on any atom is 0.161 e. The van der Waals surface area contributed by atoms with Crippen LogP contribution in [0.4, 0.5) is 5.82 Å². The fourth-order valence-electron chi connectivity index (χ4n) is 2.32. The molecule has 0 saturated heterocycles. The van der Waals surface area contributed by atoms with E-state index < -0.39 is 0 Å². The van der Waals surface area contributed by atoms with Crippen molar-refractivity contribution in [1.82, 2.24) is 15.0 Å². The van der Waals surface area contributed by atoms with Crippen LogP contribution in [0.3, 0.4) is 0 Å². The van der Waals surface area contributed by atoms with Gasteiger partial charge in [0, 0.05) is 41.8 Å². The molecule has 0 bridgehead atoms. The molecule has 0 aliphatic carbocycles. The SMILES string of the molecule is Cc1cc(N(C)CCOc2ccc(Cl)cc2)nc(-c2ccncc2)n1. The standard InChI is InChI=1S/C19H19ClN4O/c1-14-13-18(23-19(22-14)15-7-9-21-10-8-15)24(2)11-12-25-17-5-3-16(20)4-6-17/h3-10,13H,11-12H2,1-2H3. The molecule has 0 saturated carbocycles. The van der Waals surface area contributed by atoms with E-state index in [1.54, 1.807) is 12.4 Å². The van der Waals surface area contributed by atoms with Gasteiger partial charge in [-0.05, 0) is 43.3 Å². The zero-order chi connectivity index (χ0) is 17.6. The Morgan fingerprint density at radius 3 is 2.48 bits per heavy atom. The van der Waals surface area contributed by atoms with Crippen LogP contribution in [0.2, 0.25) is 5.02 Å². The molecule has 3 aromatic rings. The maximum absolute atomic E-state index is 5.87. The molecule has 128 valence electrons. The molecule has 0 spiro atoms. The average molecular weight is 355 g/mol. The highest BCUT2D eigenvalue weighted by Gasteiger charge is 2.09. The van der Waals surface area contributed by atoms with Crippen LogP contribution in [0, 0.1) is 6.92 Å². The van der Waals surface area contributed by atoms with Crippen molar-refractivity contribution in [2.75, 3.05) is 25.1 Å². The van der Waals surface area contributed by atoms with E-state index in [0.717, 1.165) is 22.8 Å². The Labute approximate surface area is 152 Å². The van der Waals surface area contributed by atoms with Crippen LogP contribution in [0.25, 0.3) is 11.4 Å². The van der Waals surface area contributed by atoms with Gasteiger partial charge >= 0.3 is 0 Å². The number of hydrogen-bond acceptors (Lipinski definition) is 5. The number of aryl methyl sites for hydroxylation is 1. The Balaban J connectivity index is 1.66. The third-order valence-corrected chi connectivity index (χ3v) is 3.93. The van der Waals surface area contributed by atoms with E-state index in [0.29, 0.717) is 24.0 Å². The zero-order valence-electron chi connectivity index (χ0n) is 14.2. The molecule has 5 nitrogen and oxygen atoms in total. The van der Waals surface area contributed by atoms with Crippen molar-refractivity contribution in [2.45, 2.75) is 6.92 Å². The molecule has 6 heteroatoms. The van der Waals surface area contributed by atoms with Gasteiger partial charge in [-0.25, -0.2) is 9.97 Å². The first kappa shape index (κ1) is 17.2. The number of pyridine rings is 1. The van der Waals surface area contributed by atoms with Gasteiger partial charge in [0.2, 0.25) is 0 Å². The van der Waals surface area contributed by atoms with Gasteiger partial charge < -0.3 is 9.64 Å². The number of ether oxygens (including phenoxy) is 1. The van der Waals surface area contributed by atoms with Gasteiger partial charge in [0.15, 0.2) is 5.82 Å². The summed E-state index contributed by atoms with van der Waals surface area (Å²) in [7, 11) is 1.99. The minimum absolute atomic E-state index is 0.547. The van der Waals surface area contributed by atoms with Crippen LogP contribution in [0.5, 0.6) is 5.75 Å². The molecule has 25 heavy (non-hydrogen) atoms. The number of rotatable bonds is 6. The summed E-state index contributed by atoms with van der Waals surface area (Å²) in [5.41, 5.74) is 1.87. The third-order valence-electron chi connectivity index (χ3n) is 3.68. The molecular formula is C19H19ClN4O. The number of anilines is 1. The summed E-state index contributed by atoms with van der Waals surface area (Å²) in [5.74, 6) is 2.36. The highest BCUT2D eigenvalue weighted by molar-refractivity contribution is 6.30. The van der Waals surface area contributed by atoms with E-state index in [1.807, 2.05) is 56.4 Å². The van der Waals surface area contributed by atoms with Crippen LogP contribution in [-0.2, 0) is 0 Å². The largest absolute Gasteiger partial charge is 0.492 e. The third kappa shape index (κ3) is 4.67. The van der Waals surface area contributed by atoms with Crippen LogP contribution < -0.4 is 9.64 Å². The molecular weight excluding hydrogens is 336 g/mol. The predicted octanol–water partition coefficient (Wildman–Crippen LogP) is 4.02. The number of aromatic nitrogens is 3. The summed E-state index contributed by atoms with van der Waals surface area (Å²) in [6, 6.07) is 13.1. The number of benzene rings is 1. The van der Waals surface area contributed by atoms with Crippen molar-refractivity contribution >= 4 is 17.4 Å². The lowest BCUT2D eigenvalue weighted by Gasteiger charge is -2.19. The number of nitrogens with zero attached hydrogens (tertiary/aromatic N) is 4. The van der Waals surface area contributed by atoms with E-state index in [2.05, 4.69) is 19.9 Å². The lowest BCUT2D eigenvalue weighted by atomic mass is 10.2. The molecule has 2 heterocycles. The fourth-order valence-corrected chi connectivity index (χ4v) is 2.45. The second kappa shape index (κ2) is 7.94. The Morgan fingerprint density at radius 2 is 1.76 bits per heavy atom. The van der Waals surface area contributed by atoms with Gasteiger partial charge in [-0.15, -0.1) is 0 Å². The minimum Gasteiger partial charge on any atom is -0.492 e. The summed E-state index contributed by atoms with van der Waals surface area (Å²) < 4.78 is 5.75. The highest BCUT2D eigenvalue weighted by Crippen LogP contribution is 2.19. The molecule has 0 unspecified atom stereocenters. The number of halogens is 1. The summed E-state index contributed by atoms with van der Waals surface area (Å²) in [6.45, 7) is 3.22. The fraction of sp³-hybridized carbons (Fsp3) is 0.211. The first-order valence-corrected chi connectivity index (χ1v) is 8.35. The highest BCUT2D eigenvalue weighted by atomic mass is 35.5. The monoisotopic (exact) mass is 354 g/mol. The van der Waals surface area contributed by atoms with Gasteiger partial charge in [0.05, 0.1) is 6.54 Å². The van der Waals surface area contributed by atoms with Gasteiger partial charge in [0.1, 0.15) is 18.2 Å². The normalized spacial score (nSPS) is 10.5. The average Bonchev–Trinajstić information content (AvgIpc) is 2.63. The summed E-state index contributed by atoms with van der Waals surface area (Å²) in [6.07, 6.45) is 3.48. The Kier molecular flexibility index (Phi) is 5.46. The quantitative estimate of drug-likeness (QED) is 0.669. The van der Waals surface area contributed by atoms with Crippen molar-refractivity contribution in [3.05, 3.63) is 65.6 Å². The molecule has 0 aliphatic heterocycles. The Hall–Kier alpha value is -2.66. The summed E-state index contributed by atoms with van der Waals surface area (Å²) >= 11 is 5.87. The second-order valence-corrected chi connectivity index (χ2v) is 6.09.